The summed E-state index contributed by atoms with van der Waals surface area (Å²) in [6.07, 6.45) is -4.94. The molecule has 20 heavy (non-hydrogen) atoms. The van der Waals surface area contributed by atoms with Crippen LogP contribution >= 0.6 is 0 Å². The number of alkyl halides is 3. The van der Waals surface area contributed by atoms with E-state index in [4.69, 9.17) is 15.9 Å². The molecule has 0 saturated heterocycles. The molecule has 0 saturated carbocycles. The number of phenols is 1. The zero-order valence-electron chi connectivity index (χ0n) is 9.72. The van der Waals surface area contributed by atoms with E-state index in [1.54, 1.807) is 0 Å². The highest BCUT2D eigenvalue weighted by molar-refractivity contribution is 5.89. The Balaban J connectivity index is 2.67. The Labute approximate surface area is 109 Å². The lowest BCUT2D eigenvalue weighted by Gasteiger charge is -2.07. The fraction of sp³-hybridized carbons (Fsp3) is 0.0909. The lowest BCUT2D eigenvalue weighted by molar-refractivity contribution is -0.137. The first kappa shape index (κ1) is 13.7. The third-order valence-electron chi connectivity index (χ3n) is 2.50. The SMILES string of the molecule is Nc1c(C(F)(F)F)c(C(=O)O)nn1-c1ccc(O)cc1. The van der Waals surface area contributed by atoms with Crippen LogP contribution < -0.4 is 5.73 Å². The molecule has 0 unspecified atom stereocenters. The molecule has 0 atom stereocenters. The summed E-state index contributed by atoms with van der Waals surface area (Å²) in [7, 11) is 0. The van der Waals surface area contributed by atoms with Gasteiger partial charge in [0.15, 0.2) is 5.69 Å². The number of halogens is 3. The fourth-order valence-electron chi connectivity index (χ4n) is 1.65. The highest BCUT2D eigenvalue weighted by Gasteiger charge is 2.41. The highest BCUT2D eigenvalue weighted by atomic mass is 19.4. The van der Waals surface area contributed by atoms with Gasteiger partial charge in [0.05, 0.1) is 5.69 Å². The van der Waals surface area contributed by atoms with Crippen molar-refractivity contribution in [1.29, 1.82) is 0 Å². The Morgan fingerprint density at radius 2 is 1.80 bits per heavy atom. The van der Waals surface area contributed by atoms with Crippen LogP contribution in [-0.4, -0.2) is 26.0 Å². The van der Waals surface area contributed by atoms with Gasteiger partial charge in [-0.1, -0.05) is 0 Å². The highest BCUT2D eigenvalue weighted by Crippen LogP contribution is 2.37. The number of carboxylic acids is 1. The normalized spacial score (nSPS) is 11.6. The van der Waals surface area contributed by atoms with E-state index in [9.17, 15) is 18.0 Å². The molecule has 1 aromatic carbocycles. The molecular formula is C11H8F3N3O3. The number of anilines is 1. The van der Waals surface area contributed by atoms with Gasteiger partial charge in [0.2, 0.25) is 0 Å². The van der Waals surface area contributed by atoms with Gasteiger partial charge in [0.1, 0.15) is 17.1 Å². The first-order valence-corrected chi connectivity index (χ1v) is 5.20. The number of carboxylic acid groups (broad SMARTS) is 1. The average Bonchev–Trinajstić information content (AvgIpc) is 2.68. The Morgan fingerprint density at radius 3 is 2.20 bits per heavy atom. The van der Waals surface area contributed by atoms with Crippen LogP contribution in [0.1, 0.15) is 16.1 Å². The van der Waals surface area contributed by atoms with E-state index >= 15 is 0 Å². The second kappa shape index (κ2) is 4.44. The van der Waals surface area contributed by atoms with Crippen molar-refractivity contribution in [3.63, 3.8) is 0 Å². The second-order valence-corrected chi connectivity index (χ2v) is 3.84. The molecular weight excluding hydrogens is 279 g/mol. The molecule has 0 bridgehead atoms. The number of nitrogen functional groups attached to an aromatic ring is 1. The number of hydrogen-bond donors (Lipinski definition) is 3. The van der Waals surface area contributed by atoms with Crippen LogP contribution in [0.2, 0.25) is 0 Å². The number of nitrogens with two attached hydrogens (primary N) is 1. The first-order valence-electron chi connectivity index (χ1n) is 5.20. The smallest absolute Gasteiger partial charge is 0.422 e. The third kappa shape index (κ3) is 2.25. The lowest BCUT2D eigenvalue weighted by atomic mass is 10.2. The summed E-state index contributed by atoms with van der Waals surface area (Å²) < 4.78 is 39.1. The van der Waals surface area contributed by atoms with Crippen molar-refractivity contribution in [3.8, 4) is 11.4 Å². The summed E-state index contributed by atoms with van der Waals surface area (Å²) in [4.78, 5) is 10.8. The van der Waals surface area contributed by atoms with E-state index < -0.39 is 29.2 Å². The molecule has 0 amide bonds. The number of phenolic OH excluding ortho intramolecular Hbond substituents is 1. The predicted molar refractivity (Wildman–Crippen MR) is 61.6 cm³/mol. The Bertz CT molecular complexity index is 662. The van der Waals surface area contributed by atoms with Gasteiger partial charge < -0.3 is 15.9 Å². The molecule has 0 aliphatic carbocycles. The summed E-state index contributed by atoms with van der Waals surface area (Å²) in [5.74, 6) is -2.77. The molecule has 1 heterocycles. The molecule has 2 rings (SSSR count). The van der Waals surface area contributed by atoms with Crippen LogP contribution in [0.25, 0.3) is 5.69 Å². The van der Waals surface area contributed by atoms with Crippen molar-refractivity contribution in [2.24, 2.45) is 0 Å². The summed E-state index contributed by atoms with van der Waals surface area (Å²) in [6.45, 7) is 0. The van der Waals surface area contributed by atoms with Crippen molar-refractivity contribution in [2.75, 3.05) is 5.73 Å². The fourth-order valence-corrected chi connectivity index (χ4v) is 1.65. The average molecular weight is 287 g/mol. The first-order chi connectivity index (χ1) is 9.21. The van der Waals surface area contributed by atoms with Crippen LogP contribution in [0.3, 0.4) is 0 Å². The minimum atomic E-state index is -4.94. The van der Waals surface area contributed by atoms with Gasteiger partial charge in [-0.3, -0.25) is 0 Å². The Kier molecular flexibility index (Phi) is 3.04. The van der Waals surface area contributed by atoms with E-state index in [2.05, 4.69) is 5.10 Å². The lowest BCUT2D eigenvalue weighted by Crippen LogP contribution is -2.13. The Morgan fingerprint density at radius 1 is 1.25 bits per heavy atom. The Hall–Kier alpha value is -2.71. The minimum absolute atomic E-state index is 0.0956. The monoisotopic (exact) mass is 287 g/mol. The molecule has 0 radical (unpaired) electrons. The number of aromatic carboxylic acids is 1. The number of hydrogen-bond acceptors (Lipinski definition) is 4. The number of benzene rings is 1. The van der Waals surface area contributed by atoms with Gasteiger partial charge in [-0.2, -0.15) is 18.3 Å². The molecule has 106 valence electrons. The number of nitrogens with zero attached hydrogens (tertiary/aromatic N) is 2. The quantitative estimate of drug-likeness (QED) is 0.782. The molecule has 1 aromatic heterocycles. The second-order valence-electron chi connectivity index (χ2n) is 3.84. The van der Waals surface area contributed by atoms with Gasteiger partial charge in [-0.25, -0.2) is 9.48 Å². The van der Waals surface area contributed by atoms with Crippen molar-refractivity contribution in [2.45, 2.75) is 6.18 Å². The van der Waals surface area contributed by atoms with Crippen LogP contribution in [0.15, 0.2) is 24.3 Å². The molecule has 2 aromatic rings. The van der Waals surface area contributed by atoms with E-state index in [1.165, 1.54) is 24.3 Å². The van der Waals surface area contributed by atoms with Gasteiger partial charge in [-0.05, 0) is 24.3 Å². The largest absolute Gasteiger partial charge is 0.508 e. The minimum Gasteiger partial charge on any atom is -0.508 e. The molecule has 6 nitrogen and oxygen atoms in total. The standard InChI is InChI=1S/C11H8F3N3O3/c12-11(13,14)7-8(10(19)20)16-17(9(7)15)5-1-3-6(18)4-2-5/h1-4,18H,15H2,(H,19,20). The van der Waals surface area contributed by atoms with E-state index in [-0.39, 0.29) is 11.4 Å². The predicted octanol–water partition coefficient (Wildman–Crippen LogP) is 1.88. The molecule has 0 aliphatic rings. The van der Waals surface area contributed by atoms with E-state index in [1.807, 2.05) is 0 Å². The number of aromatic hydroxyl groups is 1. The van der Waals surface area contributed by atoms with Crippen molar-refractivity contribution < 1.29 is 28.2 Å². The number of carbonyl (C=O) groups is 1. The van der Waals surface area contributed by atoms with Crippen LogP contribution in [0, 0.1) is 0 Å². The number of aromatic nitrogens is 2. The van der Waals surface area contributed by atoms with Crippen LogP contribution in [0.4, 0.5) is 19.0 Å². The molecule has 0 spiro atoms. The topological polar surface area (TPSA) is 101 Å². The summed E-state index contributed by atoms with van der Waals surface area (Å²) in [5.41, 5.74) is 2.77. The van der Waals surface area contributed by atoms with Gasteiger partial charge >= 0.3 is 12.1 Å². The molecule has 9 heteroatoms. The maximum absolute atomic E-state index is 12.8. The van der Waals surface area contributed by atoms with Crippen LogP contribution in [0.5, 0.6) is 5.75 Å². The zero-order chi connectivity index (χ0) is 15.1. The van der Waals surface area contributed by atoms with Crippen molar-refractivity contribution in [3.05, 3.63) is 35.5 Å². The van der Waals surface area contributed by atoms with Gasteiger partial charge in [0.25, 0.3) is 0 Å². The van der Waals surface area contributed by atoms with E-state index in [0.29, 0.717) is 4.68 Å². The van der Waals surface area contributed by atoms with Crippen LogP contribution in [-0.2, 0) is 6.18 Å². The maximum atomic E-state index is 12.8. The third-order valence-corrected chi connectivity index (χ3v) is 2.50. The van der Waals surface area contributed by atoms with Crippen molar-refractivity contribution in [1.82, 2.24) is 9.78 Å². The molecule has 0 aliphatic heterocycles. The molecule has 4 N–H and O–H groups in total. The summed E-state index contributed by atoms with van der Waals surface area (Å²) >= 11 is 0. The summed E-state index contributed by atoms with van der Waals surface area (Å²) in [6, 6.07) is 4.93. The van der Waals surface area contributed by atoms with E-state index in [0.717, 1.165) is 0 Å². The van der Waals surface area contributed by atoms with Gasteiger partial charge in [0, 0.05) is 0 Å². The molecule has 0 fully saturated rings. The summed E-state index contributed by atoms with van der Waals surface area (Å²) in [5, 5.41) is 21.3. The van der Waals surface area contributed by atoms with Gasteiger partial charge in [-0.15, -0.1) is 0 Å². The maximum Gasteiger partial charge on any atom is 0.422 e. The van der Waals surface area contributed by atoms with Crippen molar-refractivity contribution >= 4 is 11.8 Å². The number of rotatable bonds is 2. The zero-order valence-corrected chi connectivity index (χ0v) is 9.72.